The topological polar surface area (TPSA) is 53.9 Å². The average molecular weight is 442 g/mol. The predicted molar refractivity (Wildman–Crippen MR) is 109 cm³/mol. The minimum Gasteiger partial charge on any atom is -0.466 e. The third-order valence-corrected chi connectivity index (χ3v) is 5.12. The van der Waals surface area contributed by atoms with E-state index in [9.17, 15) is 9.18 Å². The van der Waals surface area contributed by atoms with Crippen LogP contribution in [-0.2, 0) is 16.0 Å². The molecule has 1 aliphatic rings. The lowest BCUT2D eigenvalue weighted by molar-refractivity contribution is -0.149. The van der Waals surface area contributed by atoms with E-state index in [1.165, 1.54) is 6.07 Å². The van der Waals surface area contributed by atoms with Crippen LogP contribution in [0.5, 0.6) is 0 Å². The Morgan fingerprint density at radius 2 is 2.11 bits per heavy atom. The molecule has 0 saturated carbocycles. The van der Waals surface area contributed by atoms with Crippen LogP contribution in [0.4, 0.5) is 4.39 Å². The summed E-state index contributed by atoms with van der Waals surface area (Å²) in [6.45, 7) is 7.31. The SMILES string of the molecule is CCNC(=NCCCc1ccc(Br)cc1F)N1CCC(C(=O)OCC)CC1. The van der Waals surface area contributed by atoms with Crippen molar-refractivity contribution in [1.29, 1.82) is 0 Å². The van der Waals surface area contributed by atoms with E-state index in [-0.39, 0.29) is 17.7 Å². The number of guanidine groups is 1. The zero-order chi connectivity index (χ0) is 19.6. The van der Waals surface area contributed by atoms with Gasteiger partial charge in [0.05, 0.1) is 12.5 Å². The Labute approximate surface area is 169 Å². The molecule has 1 saturated heterocycles. The van der Waals surface area contributed by atoms with Crippen LogP contribution in [0, 0.1) is 11.7 Å². The highest BCUT2D eigenvalue weighted by Gasteiger charge is 2.27. The van der Waals surface area contributed by atoms with Gasteiger partial charge in [-0.1, -0.05) is 22.0 Å². The lowest BCUT2D eigenvalue weighted by Gasteiger charge is -2.33. The number of carbonyl (C=O) groups is 1. The van der Waals surface area contributed by atoms with Crippen molar-refractivity contribution in [3.63, 3.8) is 0 Å². The third kappa shape index (κ3) is 6.79. The number of rotatable bonds is 7. The van der Waals surface area contributed by atoms with Gasteiger partial charge in [0, 0.05) is 30.7 Å². The quantitative estimate of drug-likeness (QED) is 0.303. The Balaban J connectivity index is 1.84. The second-order valence-corrected chi connectivity index (χ2v) is 7.50. The minimum absolute atomic E-state index is 0.00976. The summed E-state index contributed by atoms with van der Waals surface area (Å²) >= 11 is 3.28. The van der Waals surface area contributed by atoms with Crippen LogP contribution in [0.25, 0.3) is 0 Å². The van der Waals surface area contributed by atoms with Crippen molar-refractivity contribution < 1.29 is 13.9 Å². The zero-order valence-corrected chi connectivity index (χ0v) is 17.7. The van der Waals surface area contributed by atoms with Gasteiger partial charge >= 0.3 is 5.97 Å². The molecule has 0 aromatic heterocycles. The number of piperidine rings is 1. The molecular weight excluding hydrogens is 413 g/mol. The van der Waals surface area contributed by atoms with E-state index < -0.39 is 0 Å². The lowest BCUT2D eigenvalue weighted by atomic mass is 9.97. The van der Waals surface area contributed by atoms with E-state index in [4.69, 9.17) is 4.74 Å². The average Bonchev–Trinajstić information content (AvgIpc) is 2.66. The lowest BCUT2D eigenvalue weighted by Crippen LogP contribution is -2.46. The maximum atomic E-state index is 13.9. The fraction of sp³-hybridized carbons (Fsp3) is 0.600. The molecule has 1 N–H and O–H groups in total. The van der Waals surface area contributed by atoms with Crippen molar-refractivity contribution in [3.8, 4) is 0 Å². The van der Waals surface area contributed by atoms with E-state index in [1.807, 2.05) is 26.0 Å². The Kier molecular flexibility index (Phi) is 9.04. The molecule has 0 atom stereocenters. The van der Waals surface area contributed by atoms with Crippen LogP contribution in [0.1, 0.15) is 38.7 Å². The Morgan fingerprint density at radius 1 is 1.37 bits per heavy atom. The van der Waals surface area contributed by atoms with Gasteiger partial charge in [0.1, 0.15) is 5.82 Å². The molecule has 0 amide bonds. The van der Waals surface area contributed by atoms with Crippen molar-refractivity contribution in [2.24, 2.45) is 10.9 Å². The molecule has 1 fully saturated rings. The molecule has 1 aromatic carbocycles. The summed E-state index contributed by atoms with van der Waals surface area (Å²) in [7, 11) is 0. The van der Waals surface area contributed by atoms with Crippen LogP contribution < -0.4 is 5.32 Å². The highest BCUT2D eigenvalue weighted by atomic mass is 79.9. The van der Waals surface area contributed by atoms with E-state index in [0.717, 1.165) is 49.3 Å². The van der Waals surface area contributed by atoms with Crippen LogP contribution >= 0.6 is 15.9 Å². The molecule has 0 spiro atoms. The van der Waals surface area contributed by atoms with Gasteiger partial charge in [0.25, 0.3) is 0 Å². The van der Waals surface area contributed by atoms with E-state index in [1.54, 1.807) is 0 Å². The summed E-state index contributed by atoms with van der Waals surface area (Å²) in [5, 5.41) is 3.32. The molecule has 0 bridgehead atoms. The molecular formula is C20H29BrFN3O2. The highest BCUT2D eigenvalue weighted by Crippen LogP contribution is 2.19. The molecule has 2 rings (SSSR count). The number of benzene rings is 1. The van der Waals surface area contributed by atoms with Gasteiger partial charge in [0.15, 0.2) is 5.96 Å². The van der Waals surface area contributed by atoms with Gasteiger partial charge < -0.3 is 15.0 Å². The number of hydrogen-bond donors (Lipinski definition) is 1. The third-order valence-electron chi connectivity index (χ3n) is 4.63. The molecule has 0 unspecified atom stereocenters. The van der Waals surface area contributed by atoms with Gasteiger partial charge in [-0.3, -0.25) is 9.79 Å². The van der Waals surface area contributed by atoms with Gasteiger partial charge in [-0.25, -0.2) is 4.39 Å². The molecule has 1 aliphatic heterocycles. The molecule has 0 aliphatic carbocycles. The maximum Gasteiger partial charge on any atom is 0.309 e. The molecule has 5 nitrogen and oxygen atoms in total. The first-order valence-corrected chi connectivity index (χ1v) is 10.5. The fourth-order valence-electron chi connectivity index (χ4n) is 3.19. The second kappa shape index (κ2) is 11.3. The van der Waals surface area contributed by atoms with E-state index >= 15 is 0 Å². The van der Waals surface area contributed by atoms with Gasteiger partial charge in [-0.15, -0.1) is 0 Å². The monoisotopic (exact) mass is 441 g/mol. The van der Waals surface area contributed by atoms with Gasteiger partial charge in [0.2, 0.25) is 0 Å². The number of carbonyl (C=O) groups excluding carboxylic acids is 1. The van der Waals surface area contributed by atoms with Crippen LogP contribution in [0.15, 0.2) is 27.7 Å². The largest absolute Gasteiger partial charge is 0.466 e. The molecule has 27 heavy (non-hydrogen) atoms. The highest BCUT2D eigenvalue weighted by molar-refractivity contribution is 9.10. The summed E-state index contributed by atoms with van der Waals surface area (Å²) in [5.74, 6) is 0.595. The Bertz CT molecular complexity index is 646. The maximum absolute atomic E-state index is 13.9. The molecule has 1 aromatic rings. The first kappa shape index (κ1) is 21.7. The van der Waals surface area contributed by atoms with Crippen LogP contribution in [0.2, 0.25) is 0 Å². The zero-order valence-electron chi connectivity index (χ0n) is 16.1. The van der Waals surface area contributed by atoms with Crippen LogP contribution in [-0.4, -0.2) is 49.6 Å². The number of esters is 1. The van der Waals surface area contributed by atoms with Gasteiger partial charge in [-0.2, -0.15) is 0 Å². The first-order chi connectivity index (χ1) is 13.0. The Morgan fingerprint density at radius 3 is 2.74 bits per heavy atom. The number of nitrogens with one attached hydrogen (secondary N) is 1. The normalized spacial score (nSPS) is 15.7. The number of aryl methyl sites for hydroxylation is 1. The first-order valence-electron chi connectivity index (χ1n) is 9.69. The summed E-state index contributed by atoms with van der Waals surface area (Å²) in [6, 6.07) is 5.17. The second-order valence-electron chi connectivity index (χ2n) is 6.59. The number of ether oxygens (including phenoxy) is 1. The number of aliphatic imine (C=N–C) groups is 1. The number of likely N-dealkylation sites (tertiary alicyclic amines) is 1. The number of halogens is 2. The molecule has 0 radical (unpaired) electrons. The van der Waals surface area contributed by atoms with E-state index in [2.05, 4.69) is 31.1 Å². The predicted octanol–water partition coefficient (Wildman–Crippen LogP) is 3.76. The van der Waals surface area contributed by atoms with Crippen molar-refractivity contribution in [3.05, 3.63) is 34.1 Å². The summed E-state index contributed by atoms with van der Waals surface area (Å²) in [4.78, 5) is 18.8. The number of nitrogens with zero attached hydrogens (tertiary/aromatic N) is 2. The number of hydrogen-bond acceptors (Lipinski definition) is 3. The summed E-state index contributed by atoms with van der Waals surface area (Å²) in [5.41, 5.74) is 0.716. The Hall–Kier alpha value is -1.63. The summed E-state index contributed by atoms with van der Waals surface area (Å²) < 4.78 is 19.8. The van der Waals surface area contributed by atoms with Crippen LogP contribution in [0.3, 0.4) is 0 Å². The summed E-state index contributed by atoms with van der Waals surface area (Å²) in [6.07, 6.45) is 3.01. The van der Waals surface area contributed by atoms with Gasteiger partial charge in [-0.05, 0) is 57.2 Å². The van der Waals surface area contributed by atoms with E-state index in [0.29, 0.717) is 25.1 Å². The molecule has 7 heteroatoms. The minimum atomic E-state index is -0.179. The standard InChI is InChI=1S/C20H29BrFN3O2/c1-3-23-20(25-12-9-16(10-13-25)19(26)27-4-2)24-11-5-6-15-7-8-17(21)14-18(15)22/h7-8,14,16H,3-6,9-13H2,1-2H3,(H,23,24). The molecule has 1 heterocycles. The van der Waals surface area contributed by atoms with Crippen molar-refractivity contribution in [2.75, 3.05) is 32.8 Å². The fourth-order valence-corrected chi connectivity index (χ4v) is 3.52. The smallest absolute Gasteiger partial charge is 0.309 e. The molecule has 150 valence electrons. The van der Waals surface area contributed by atoms with Crippen molar-refractivity contribution in [1.82, 2.24) is 10.2 Å². The van der Waals surface area contributed by atoms with Crippen molar-refractivity contribution in [2.45, 2.75) is 39.5 Å². The van der Waals surface area contributed by atoms with Crippen molar-refractivity contribution >= 4 is 27.9 Å².